The number of benzene rings is 1. The van der Waals surface area contributed by atoms with Crippen molar-refractivity contribution >= 4 is 17.7 Å². The standard InChI is InChI=1S/C26H33F2N3O4/c27-26(28)9-7-18(8-10-26)29-21-4-2-19(32)13-16(21)11-15-1-3-20-17(12-15)14-31(25(20)35)22-5-6-23(33)30-24(22)34/h1,3,12,16,18-19,21-22,29,32H,2,4-11,13-14H2,(H,30,33,34)/t16-,19-,21-,22?/m0/s1. The Morgan fingerprint density at radius 3 is 2.60 bits per heavy atom. The molecule has 5 rings (SSSR count). The minimum absolute atomic E-state index is 0.0762. The summed E-state index contributed by atoms with van der Waals surface area (Å²) in [5.41, 5.74) is 2.51. The summed E-state index contributed by atoms with van der Waals surface area (Å²) in [6.45, 7) is 0.333. The topological polar surface area (TPSA) is 98.7 Å². The molecule has 3 amide bonds. The molecular formula is C26H33F2N3O4. The van der Waals surface area contributed by atoms with Gasteiger partial charge in [0.2, 0.25) is 17.7 Å². The van der Waals surface area contributed by atoms with E-state index in [1.807, 2.05) is 18.2 Å². The van der Waals surface area contributed by atoms with E-state index in [0.717, 1.165) is 24.0 Å². The fourth-order valence-corrected chi connectivity index (χ4v) is 6.25. The second-order valence-corrected chi connectivity index (χ2v) is 10.7. The van der Waals surface area contributed by atoms with Gasteiger partial charge in [0.25, 0.3) is 5.91 Å². The Labute approximate surface area is 203 Å². The number of alkyl halides is 2. The first kappa shape index (κ1) is 24.3. The van der Waals surface area contributed by atoms with Crippen molar-refractivity contribution in [2.24, 2.45) is 5.92 Å². The minimum Gasteiger partial charge on any atom is -0.393 e. The summed E-state index contributed by atoms with van der Waals surface area (Å²) in [4.78, 5) is 38.3. The number of imide groups is 1. The quantitative estimate of drug-likeness (QED) is 0.553. The highest BCUT2D eigenvalue weighted by molar-refractivity contribution is 6.05. The highest BCUT2D eigenvalue weighted by Crippen LogP contribution is 2.36. The molecule has 1 saturated heterocycles. The maximum atomic E-state index is 13.6. The molecule has 3 N–H and O–H groups in total. The average molecular weight is 490 g/mol. The van der Waals surface area contributed by atoms with Crippen molar-refractivity contribution < 1.29 is 28.3 Å². The Bertz CT molecular complexity index is 1010. The molecule has 190 valence electrons. The van der Waals surface area contributed by atoms with Crippen LogP contribution in [0.1, 0.15) is 79.3 Å². The smallest absolute Gasteiger partial charge is 0.255 e. The van der Waals surface area contributed by atoms with Crippen LogP contribution in [-0.2, 0) is 22.6 Å². The number of piperidine rings is 1. The van der Waals surface area contributed by atoms with Crippen LogP contribution in [0.4, 0.5) is 8.78 Å². The molecule has 2 aliphatic heterocycles. The Morgan fingerprint density at radius 2 is 1.86 bits per heavy atom. The molecule has 3 fully saturated rings. The van der Waals surface area contributed by atoms with E-state index in [1.54, 1.807) is 4.90 Å². The van der Waals surface area contributed by atoms with Gasteiger partial charge in [-0.3, -0.25) is 19.7 Å². The molecule has 0 aromatic heterocycles. The number of aliphatic hydroxyl groups excluding tert-OH is 1. The Balaban J connectivity index is 1.26. The predicted molar refractivity (Wildman–Crippen MR) is 124 cm³/mol. The van der Waals surface area contributed by atoms with E-state index in [4.69, 9.17) is 0 Å². The Morgan fingerprint density at radius 1 is 1.09 bits per heavy atom. The summed E-state index contributed by atoms with van der Waals surface area (Å²) in [6.07, 6.45) is 3.86. The molecular weight excluding hydrogens is 456 g/mol. The third-order valence-corrected chi connectivity index (χ3v) is 8.21. The maximum absolute atomic E-state index is 13.6. The zero-order valence-electron chi connectivity index (χ0n) is 19.8. The Hall–Kier alpha value is -2.39. The molecule has 0 bridgehead atoms. The molecule has 2 saturated carbocycles. The van der Waals surface area contributed by atoms with Crippen molar-refractivity contribution in [2.45, 2.75) is 101 Å². The number of aliphatic hydroxyl groups is 1. The van der Waals surface area contributed by atoms with Crippen LogP contribution in [0.15, 0.2) is 18.2 Å². The van der Waals surface area contributed by atoms with Crippen LogP contribution in [0.2, 0.25) is 0 Å². The summed E-state index contributed by atoms with van der Waals surface area (Å²) in [7, 11) is 0. The van der Waals surface area contributed by atoms with Crippen LogP contribution >= 0.6 is 0 Å². The van der Waals surface area contributed by atoms with Gasteiger partial charge in [0.1, 0.15) is 6.04 Å². The molecule has 0 radical (unpaired) electrons. The second-order valence-electron chi connectivity index (χ2n) is 10.7. The summed E-state index contributed by atoms with van der Waals surface area (Å²) in [6, 6.07) is 5.36. The van der Waals surface area contributed by atoms with Crippen LogP contribution in [0.25, 0.3) is 0 Å². The third kappa shape index (κ3) is 5.26. The van der Waals surface area contributed by atoms with Crippen LogP contribution in [0.3, 0.4) is 0 Å². The van der Waals surface area contributed by atoms with Crippen molar-refractivity contribution in [3.63, 3.8) is 0 Å². The van der Waals surface area contributed by atoms with Crippen LogP contribution in [0, 0.1) is 5.92 Å². The molecule has 1 aromatic rings. The number of nitrogens with one attached hydrogen (secondary N) is 2. The van der Waals surface area contributed by atoms with Gasteiger partial charge in [-0.1, -0.05) is 12.1 Å². The number of hydrogen-bond acceptors (Lipinski definition) is 5. The number of fused-ring (bicyclic) bond motifs is 1. The molecule has 4 aliphatic rings. The average Bonchev–Trinajstić information content (AvgIpc) is 3.12. The van der Waals surface area contributed by atoms with Gasteiger partial charge in [0.15, 0.2) is 0 Å². The molecule has 1 unspecified atom stereocenters. The number of nitrogens with zero attached hydrogens (tertiary/aromatic N) is 1. The summed E-state index contributed by atoms with van der Waals surface area (Å²) in [5.74, 6) is -3.31. The zero-order chi connectivity index (χ0) is 24.7. The second kappa shape index (κ2) is 9.58. The van der Waals surface area contributed by atoms with Gasteiger partial charge in [0, 0.05) is 43.5 Å². The Kier molecular flexibility index (Phi) is 6.65. The van der Waals surface area contributed by atoms with Crippen LogP contribution < -0.4 is 10.6 Å². The fourth-order valence-electron chi connectivity index (χ4n) is 6.25. The number of carbonyl (C=O) groups excluding carboxylic acids is 3. The molecule has 4 atom stereocenters. The molecule has 1 aromatic carbocycles. The number of carbonyl (C=O) groups is 3. The van der Waals surface area contributed by atoms with E-state index in [1.165, 1.54) is 0 Å². The lowest BCUT2D eigenvalue weighted by atomic mass is 9.78. The van der Waals surface area contributed by atoms with E-state index in [9.17, 15) is 28.3 Å². The number of halogens is 2. The monoisotopic (exact) mass is 489 g/mol. The van der Waals surface area contributed by atoms with Gasteiger partial charge >= 0.3 is 0 Å². The SMILES string of the molecule is O=C1CCC(N2Cc3cc(C[C@H]4C[C@@H](O)CC[C@@H]4NC4CCC(F)(F)CC4)ccc3C2=O)C(=O)N1. The largest absolute Gasteiger partial charge is 0.393 e. The molecule has 7 nitrogen and oxygen atoms in total. The van der Waals surface area contributed by atoms with Crippen molar-refractivity contribution in [3.8, 4) is 0 Å². The van der Waals surface area contributed by atoms with E-state index in [2.05, 4.69) is 10.6 Å². The number of hydrogen-bond donors (Lipinski definition) is 3. The number of rotatable bonds is 5. The maximum Gasteiger partial charge on any atom is 0.255 e. The first-order valence-corrected chi connectivity index (χ1v) is 12.8. The summed E-state index contributed by atoms with van der Waals surface area (Å²) in [5, 5.41) is 16.3. The zero-order valence-corrected chi connectivity index (χ0v) is 19.8. The molecule has 2 aliphatic carbocycles. The van der Waals surface area contributed by atoms with Crippen LogP contribution in [-0.4, -0.2) is 57.9 Å². The molecule has 35 heavy (non-hydrogen) atoms. The fraction of sp³-hybridized carbons (Fsp3) is 0.654. The van der Waals surface area contributed by atoms with Gasteiger partial charge in [0.05, 0.1) is 6.10 Å². The first-order valence-electron chi connectivity index (χ1n) is 12.8. The van der Waals surface area contributed by atoms with Crippen molar-refractivity contribution in [2.75, 3.05) is 0 Å². The van der Waals surface area contributed by atoms with Crippen molar-refractivity contribution in [1.82, 2.24) is 15.5 Å². The third-order valence-electron chi connectivity index (χ3n) is 8.21. The highest BCUT2D eigenvalue weighted by Gasteiger charge is 2.40. The minimum atomic E-state index is -2.55. The molecule has 2 heterocycles. The van der Waals surface area contributed by atoms with Gasteiger partial charge in [-0.05, 0) is 68.1 Å². The highest BCUT2D eigenvalue weighted by atomic mass is 19.3. The number of amides is 3. The van der Waals surface area contributed by atoms with Gasteiger partial charge in [-0.15, -0.1) is 0 Å². The lowest BCUT2D eigenvalue weighted by Gasteiger charge is -2.39. The summed E-state index contributed by atoms with van der Waals surface area (Å²) >= 11 is 0. The lowest BCUT2D eigenvalue weighted by Crippen LogP contribution is -2.52. The van der Waals surface area contributed by atoms with Gasteiger partial charge in [-0.2, -0.15) is 0 Å². The van der Waals surface area contributed by atoms with Crippen molar-refractivity contribution in [1.29, 1.82) is 0 Å². The molecule has 0 spiro atoms. The van der Waals surface area contributed by atoms with E-state index in [0.29, 0.717) is 44.2 Å². The normalized spacial score (nSPS) is 31.4. The van der Waals surface area contributed by atoms with E-state index < -0.39 is 17.9 Å². The van der Waals surface area contributed by atoms with E-state index >= 15 is 0 Å². The first-order chi connectivity index (χ1) is 16.7. The van der Waals surface area contributed by atoms with Gasteiger partial charge < -0.3 is 15.3 Å². The predicted octanol–water partition coefficient (Wildman–Crippen LogP) is 2.69. The van der Waals surface area contributed by atoms with Crippen molar-refractivity contribution in [3.05, 3.63) is 34.9 Å². The van der Waals surface area contributed by atoms with Crippen LogP contribution in [0.5, 0.6) is 0 Å². The summed E-state index contributed by atoms with van der Waals surface area (Å²) < 4.78 is 27.1. The van der Waals surface area contributed by atoms with Gasteiger partial charge in [-0.25, -0.2) is 8.78 Å². The van der Waals surface area contributed by atoms with E-state index in [-0.39, 0.29) is 55.2 Å². The molecule has 9 heteroatoms. The lowest BCUT2D eigenvalue weighted by molar-refractivity contribution is -0.136.